The summed E-state index contributed by atoms with van der Waals surface area (Å²) >= 11 is 0. The predicted octanol–water partition coefficient (Wildman–Crippen LogP) is 6.12. The van der Waals surface area contributed by atoms with Gasteiger partial charge in [0.15, 0.2) is 0 Å². The molecule has 2 saturated heterocycles. The maximum atomic E-state index is 13.3. The number of nitrogens with zero attached hydrogens (tertiary/aromatic N) is 4. The van der Waals surface area contributed by atoms with Crippen LogP contribution in [-0.2, 0) is 10.9 Å². The van der Waals surface area contributed by atoms with Gasteiger partial charge in [-0.1, -0.05) is 13.8 Å². The molecule has 46 heavy (non-hydrogen) atoms. The number of alkyl halides is 3. The van der Waals surface area contributed by atoms with Gasteiger partial charge in [0.2, 0.25) is 0 Å². The summed E-state index contributed by atoms with van der Waals surface area (Å²) in [6.07, 6.45) is 0.943. The van der Waals surface area contributed by atoms with Crippen molar-refractivity contribution in [3.8, 4) is 5.75 Å². The van der Waals surface area contributed by atoms with Gasteiger partial charge >= 0.3 is 6.18 Å². The Hall–Kier alpha value is -3.67. The molecule has 0 saturated carbocycles. The first kappa shape index (κ1) is 33.7. The maximum absolute atomic E-state index is 13.3. The van der Waals surface area contributed by atoms with Gasteiger partial charge in [-0.15, -0.1) is 0 Å². The first-order chi connectivity index (χ1) is 22.1. The first-order valence-corrected chi connectivity index (χ1v) is 15.9. The minimum absolute atomic E-state index is 0.0135. The third kappa shape index (κ3) is 7.82. The quantitative estimate of drug-likeness (QED) is 0.234. The molecule has 2 fully saturated rings. The van der Waals surface area contributed by atoms with Crippen molar-refractivity contribution in [3.05, 3.63) is 66.5 Å². The van der Waals surface area contributed by atoms with Crippen molar-refractivity contribution in [3.63, 3.8) is 0 Å². The molecule has 4 heterocycles. The summed E-state index contributed by atoms with van der Waals surface area (Å²) in [4.78, 5) is 13.0. The van der Waals surface area contributed by atoms with E-state index in [1.165, 1.54) is 11.9 Å². The first-order valence-electron chi connectivity index (χ1n) is 15.9. The number of methoxy groups -OCH3 is 2. The molecule has 2 aromatic heterocycles. The molecule has 0 aliphatic carbocycles. The van der Waals surface area contributed by atoms with E-state index in [1.807, 2.05) is 12.1 Å². The summed E-state index contributed by atoms with van der Waals surface area (Å²) < 4.78 is 50.4. The van der Waals surface area contributed by atoms with Crippen LogP contribution in [0.2, 0.25) is 0 Å². The molecule has 2 aliphatic heterocycles. The van der Waals surface area contributed by atoms with Crippen molar-refractivity contribution < 1.29 is 22.6 Å². The molecule has 8 nitrogen and oxygen atoms in total. The Labute approximate surface area is 269 Å². The van der Waals surface area contributed by atoms with E-state index in [1.54, 1.807) is 38.6 Å². The number of hydrogen-bond donors (Lipinski definition) is 2. The Morgan fingerprint density at radius 1 is 0.826 bits per heavy atom. The number of nitrogens with one attached hydrogen (secondary N) is 1. The van der Waals surface area contributed by atoms with E-state index in [4.69, 9.17) is 15.2 Å². The average Bonchev–Trinajstić information content (AvgIpc) is 3.03. The molecule has 4 aromatic rings. The lowest BCUT2D eigenvalue weighted by Gasteiger charge is -2.39. The number of fused-ring (bicyclic) bond motifs is 2. The number of halogens is 3. The number of rotatable bonds is 7. The van der Waals surface area contributed by atoms with Crippen LogP contribution in [0, 0.1) is 11.8 Å². The normalized spacial score (nSPS) is 22.1. The molecule has 4 atom stereocenters. The van der Waals surface area contributed by atoms with Gasteiger partial charge in [0.1, 0.15) is 11.3 Å². The van der Waals surface area contributed by atoms with Gasteiger partial charge in [0, 0.05) is 86.5 Å². The number of piperidine rings is 2. The van der Waals surface area contributed by atoms with E-state index in [9.17, 15) is 13.2 Å². The van der Waals surface area contributed by atoms with E-state index in [0.717, 1.165) is 74.0 Å². The number of benzene rings is 2. The molecule has 0 radical (unpaired) electrons. The van der Waals surface area contributed by atoms with Crippen molar-refractivity contribution in [2.75, 3.05) is 63.4 Å². The molecule has 0 amide bonds. The van der Waals surface area contributed by atoms with E-state index in [-0.39, 0.29) is 17.6 Å². The monoisotopic (exact) mass is 638 g/mol. The molecule has 248 valence electrons. The van der Waals surface area contributed by atoms with Gasteiger partial charge in [-0.3, -0.25) is 9.97 Å². The molecule has 0 spiro atoms. The Balaban J connectivity index is 0.000000187. The average molecular weight is 639 g/mol. The van der Waals surface area contributed by atoms with E-state index in [2.05, 4.69) is 51.1 Å². The number of aromatic nitrogens is 2. The summed E-state index contributed by atoms with van der Waals surface area (Å²) in [6.45, 7) is 9.35. The smallest absolute Gasteiger partial charge is 0.418 e. The summed E-state index contributed by atoms with van der Waals surface area (Å²) in [6, 6.07) is 14.9. The van der Waals surface area contributed by atoms with Crippen molar-refractivity contribution in [1.82, 2.24) is 15.3 Å². The number of anilines is 2. The molecule has 0 unspecified atom stereocenters. The van der Waals surface area contributed by atoms with Crippen LogP contribution in [0.5, 0.6) is 5.75 Å². The zero-order valence-corrected chi connectivity index (χ0v) is 27.1. The highest BCUT2D eigenvalue weighted by atomic mass is 19.4. The maximum Gasteiger partial charge on any atom is 0.418 e. The molecular formula is C35H45F3N6O2. The highest BCUT2D eigenvalue weighted by Gasteiger charge is 2.35. The van der Waals surface area contributed by atoms with Crippen LogP contribution in [0.25, 0.3) is 21.8 Å². The molecule has 3 N–H and O–H groups in total. The van der Waals surface area contributed by atoms with Crippen molar-refractivity contribution in [2.45, 2.75) is 44.9 Å². The number of nitrogens with two attached hydrogens (primary N) is 1. The van der Waals surface area contributed by atoms with E-state index < -0.39 is 11.7 Å². The molecular weight excluding hydrogens is 593 g/mol. The second kappa shape index (κ2) is 14.8. The SMILES string of the molecule is COCCN[C@@H]1C[C@H](C)CN(c2ccc(C(F)(F)F)c3ncccc23)C1.COc1ccc(N2C[C@@H](C)C[C@@H](N)C2)c2cccnc12. The van der Waals surface area contributed by atoms with Crippen LogP contribution in [0.4, 0.5) is 24.5 Å². The van der Waals surface area contributed by atoms with Gasteiger partial charge in [0.05, 0.1) is 24.8 Å². The lowest BCUT2D eigenvalue weighted by molar-refractivity contribution is -0.136. The second-order valence-corrected chi connectivity index (χ2v) is 12.6. The topological polar surface area (TPSA) is 88.8 Å². The number of ether oxygens (including phenoxy) is 2. The van der Waals surface area contributed by atoms with Gasteiger partial charge in [-0.25, -0.2) is 0 Å². The molecule has 0 bridgehead atoms. The summed E-state index contributed by atoms with van der Waals surface area (Å²) in [7, 11) is 3.35. The Bertz CT molecular complexity index is 1590. The van der Waals surface area contributed by atoms with Crippen LogP contribution in [-0.4, -0.2) is 75.6 Å². The second-order valence-electron chi connectivity index (χ2n) is 12.6. The number of pyridine rings is 2. The molecule has 6 rings (SSSR count). The van der Waals surface area contributed by atoms with Gasteiger partial charge in [-0.2, -0.15) is 13.2 Å². The van der Waals surface area contributed by atoms with Crippen molar-refractivity contribution in [2.24, 2.45) is 17.6 Å². The Morgan fingerprint density at radius 2 is 1.43 bits per heavy atom. The van der Waals surface area contributed by atoms with Crippen LogP contribution in [0.1, 0.15) is 32.3 Å². The van der Waals surface area contributed by atoms with Crippen molar-refractivity contribution in [1.29, 1.82) is 0 Å². The zero-order valence-electron chi connectivity index (χ0n) is 27.1. The minimum atomic E-state index is -4.41. The summed E-state index contributed by atoms with van der Waals surface area (Å²) in [5.74, 6) is 1.88. The van der Waals surface area contributed by atoms with Gasteiger partial charge < -0.3 is 30.3 Å². The molecule has 2 aliphatic rings. The van der Waals surface area contributed by atoms with Gasteiger partial charge in [-0.05, 0) is 73.2 Å². The van der Waals surface area contributed by atoms with Crippen molar-refractivity contribution >= 4 is 33.2 Å². The van der Waals surface area contributed by atoms with Gasteiger partial charge in [0.25, 0.3) is 0 Å². The standard InChI is InChI=1S/C19H24F3N3O.C16H21N3O/c1-13-10-14(23-8-9-26-2)12-25(11-13)17-6-5-16(19(20,21)22)18-15(17)4-3-7-24-18;1-11-8-12(17)10-19(9-11)14-5-6-15(20-2)16-13(14)4-3-7-18-16/h3-7,13-14,23H,8-12H2,1-2H3;3-7,11-12H,8-10,17H2,1-2H3/t13-,14+;11-,12+/m00/s1. The summed E-state index contributed by atoms with van der Waals surface area (Å²) in [5.41, 5.74) is 8.43. The van der Waals surface area contributed by atoms with Crippen LogP contribution >= 0.6 is 0 Å². The minimum Gasteiger partial charge on any atom is -0.494 e. The molecule has 11 heteroatoms. The highest BCUT2D eigenvalue weighted by molar-refractivity contribution is 5.96. The molecule has 2 aromatic carbocycles. The highest BCUT2D eigenvalue weighted by Crippen LogP contribution is 2.38. The van der Waals surface area contributed by atoms with E-state index in [0.29, 0.717) is 23.8 Å². The largest absolute Gasteiger partial charge is 0.494 e. The fourth-order valence-corrected chi connectivity index (χ4v) is 6.89. The van der Waals surface area contributed by atoms with Crippen LogP contribution < -0.4 is 25.6 Å². The fourth-order valence-electron chi connectivity index (χ4n) is 6.89. The fraction of sp³-hybridized carbons (Fsp3) is 0.486. The Morgan fingerprint density at radius 3 is 2.07 bits per heavy atom. The van der Waals surface area contributed by atoms with Crippen LogP contribution in [0.15, 0.2) is 60.9 Å². The zero-order chi connectivity index (χ0) is 32.8. The lowest BCUT2D eigenvalue weighted by atomic mass is 9.94. The number of hydrogen-bond acceptors (Lipinski definition) is 8. The van der Waals surface area contributed by atoms with Crippen LogP contribution in [0.3, 0.4) is 0 Å². The van der Waals surface area contributed by atoms with E-state index >= 15 is 0 Å². The lowest BCUT2D eigenvalue weighted by Crippen LogP contribution is -2.49. The Kier molecular flexibility index (Phi) is 10.9. The predicted molar refractivity (Wildman–Crippen MR) is 179 cm³/mol. The third-order valence-corrected chi connectivity index (χ3v) is 8.75. The summed E-state index contributed by atoms with van der Waals surface area (Å²) in [5, 5.41) is 5.15. The third-order valence-electron chi connectivity index (χ3n) is 8.75.